The maximum atomic E-state index is 12.4. The summed E-state index contributed by atoms with van der Waals surface area (Å²) in [5.41, 5.74) is 4.56. The second kappa shape index (κ2) is 8.83. The molecular weight excluding hydrogens is 396 g/mol. The fraction of sp³-hybridized carbons (Fsp3) is 0.364. The molecule has 1 unspecified atom stereocenters. The number of hydrogen-bond donors (Lipinski definition) is 3. The maximum Gasteiger partial charge on any atom is 0.220 e. The molecule has 32 heavy (non-hydrogen) atoms. The van der Waals surface area contributed by atoms with E-state index >= 15 is 0 Å². The number of fused-ring (bicyclic) bond motifs is 2. The summed E-state index contributed by atoms with van der Waals surface area (Å²) < 4.78 is 0. The summed E-state index contributed by atoms with van der Waals surface area (Å²) in [4.78, 5) is 22.5. The van der Waals surface area contributed by atoms with E-state index in [1.54, 1.807) is 0 Å². The van der Waals surface area contributed by atoms with Crippen molar-refractivity contribution in [3.05, 3.63) is 65.5 Å². The van der Waals surface area contributed by atoms with Gasteiger partial charge in [0, 0.05) is 25.9 Å². The SMILES string of the molecule is BC1(B)Cc2ccccc2C(B)(B)N1CC(O)CNC(=O)CCc1nc2ccccc2[nH]1. The number of para-hydroxylation sites is 2. The summed E-state index contributed by atoms with van der Waals surface area (Å²) in [5, 5.41) is 13.4. The van der Waals surface area contributed by atoms with Crippen molar-refractivity contribution in [1.29, 1.82) is 0 Å². The molecule has 0 spiro atoms. The van der Waals surface area contributed by atoms with Crippen molar-refractivity contribution in [2.75, 3.05) is 13.1 Å². The molecule has 1 atom stereocenters. The van der Waals surface area contributed by atoms with Crippen LogP contribution in [0.15, 0.2) is 48.5 Å². The minimum Gasteiger partial charge on any atom is -0.390 e. The van der Waals surface area contributed by atoms with Crippen LogP contribution >= 0.6 is 0 Å². The lowest BCUT2D eigenvalue weighted by atomic mass is 9.45. The lowest BCUT2D eigenvalue weighted by Crippen LogP contribution is -2.67. The van der Waals surface area contributed by atoms with Crippen LogP contribution in [0.2, 0.25) is 0 Å². The second-order valence-corrected chi connectivity index (χ2v) is 9.97. The number of carbonyl (C=O) groups excluding carboxylic acids is 1. The van der Waals surface area contributed by atoms with Crippen molar-refractivity contribution in [2.45, 2.75) is 36.0 Å². The molecule has 1 aliphatic rings. The molecule has 1 aromatic heterocycles. The number of amides is 1. The Kier molecular flexibility index (Phi) is 6.28. The van der Waals surface area contributed by atoms with Gasteiger partial charge in [-0.1, -0.05) is 36.4 Å². The molecule has 2 heterocycles. The molecule has 1 amide bonds. The first-order chi connectivity index (χ1) is 15.2. The number of aryl methyl sites for hydroxylation is 1. The van der Waals surface area contributed by atoms with Gasteiger partial charge in [0.25, 0.3) is 0 Å². The van der Waals surface area contributed by atoms with Crippen LogP contribution in [0.3, 0.4) is 0 Å². The van der Waals surface area contributed by atoms with Crippen LogP contribution in [-0.4, -0.2) is 81.8 Å². The third kappa shape index (κ3) is 4.66. The Labute approximate surface area is 193 Å². The highest BCUT2D eigenvalue weighted by atomic mass is 16.3. The second-order valence-electron chi connectivity index (χ2n) is 9.97. The van der Waals surface area contributed by atoms with Crippen LogP contribution in [0.4, 0.5) is 0 Å². The molecule has 162 valence electrons. The number of aliphatic hydroxyl groups is 1. The van der Waals surface area contributed by atoms with E-state index in [1.807, 2.05) is 24.3 Å². The summed E-state index contributed by atoms with van der Waals surface area (Å²) in [7, 11) is 8.88. The Morgan fingerprint density at radius 3 is 2.66 bits per heavy atom. The van der Waals surface area contributed by atoms with Crippen LogP contribution in [0.25, 0.3) is 11.0 Å². The van der Waals surface area contributed by atoms with Crippen LogP contribution in [0.5, 0.6) is 0 Å². The van der Waals surface area contributed by atoms with E-state index in [-0.39, 0.29) is 23.1 Å². The average Bonchev–Trinajstić information content (AvgIpc) is 3.16. The van der Waals surface area contributed by atoms with Crippen LogP contribution < -0.4 is 5.32 Å². The van der Waals surface area contributed by atoms with Gasteiger partial charge >= 0.3 is 0 Å². The predicted molar refractivity (Wildman–Crippen MR) is 139 cm³/mol. The molecule has 0 bridgehead atoms. The van der Waals surface area contributed by atoms with Gasteiger partial charge < -0.3 is 20.3 Å². The molecule has 2 aromatic carbocycles. The average molecular weight is 426 g/mol. The van der Waals surface area contributed by atoms with E-state index in [0.717, 1.165) is 23.3 Å². The van der Waals surface area contributed by atoms with Crippen molar-refractivity contribution in [3.8, 4) is 0 Å². The Morgan fingerprint density at radius 2 is 1.88 bits per heavy atom. The fourth-order valence-corrected chi connectivity index (χ4v) is 5.16. The van der Waals surface area contributed by atoms with Crippen molar-refractivity contribution in [1.82, 2.24) is 20.2 Å². The van der Waals surface area contributed by atoms with Gasteiger partial charge in [0.1, 0.15) is 37.2 Å². The number of nitrogens with one attached hydrogen (secondary N) is 2. The summed E-state index contributed by atoms with van der Waals surface area (Å²) in [6, 6.07) is 16.4. The van der Waals surface area contributed by atoms with Crippen LogP contribution in [0.1, 0.15) is 23.4 Å². The monoisotopic (exact) mass is 426 g/mol. The van der Waals surface area contributed by atoms with Gasteiger partial charge in [-0.25, -0.2) is 4.98 Å². The number of H-pyrrole nitrogens is 1. The lowest BCUT2D eigenvalue weighted by molar-refractivity contribution is -0.121. The number of imidazole rings is 1. The third-order valence-electron chi connectivity index (χ3n) is 6.66. The van der Waals surface area contributed by atoms with Crippen molar-refractivity contribution >= 4 is 48.3 Å². The number of β-amino-alcohol motifs (C(OH)–C–C–N with tert-alkyl or cyclic N) is 1. The van der Waals surface area contributed by atoms with E-state index in [9.17, 15) is 9.90 Å². The van der Waals surface area contributed by atoms with E-state index in [1.165, 1.54) is 11.1 Å². The molecule has 0 saturated carbocycles. The molecule has 4 rings (SSSR count). The largest absolute Gasteiger partial charge is 0.390 e. The minimum absolute atomic E-state index is 0.0768. The highest BCUT2D eigenvalue weighted by Gasteiger charge is 2.44. The van der Waals surface area contributed by atoms with E-state index in [4.69, 9.17) is 0 Å². The van der Waals surface area contributed by atoms with Gasteiger partial charge in [0.2, 0.25) is 5.91 Å². The molecule has 3 N–H and O–H groups in total. The Hall–Kier alpha value is -2.44. The van der Waals surface area contributed by atoms with Crippen molar-refractivity contribution in [3.63, 3.8) is 0 Å². The fourth-order valence-electron chi connectivity index (χ4n) is 5.16. The molecular formula is C22H30B4N4O2. The zero-order valence-corrected chi connectivity index (χ0v) is 19.5. The molecule has 0 saturated heterocycles. The Bertz CT molecular complexity index is 1090. The normalized spacial score (nSPS) is 18.2. The first-order valence-electron chi connectivity index (χ1n) is 11.4. The van der Waals surface area contributed by atoms with E-state index in [0.29, 0.717) is 19.4 Å². The lowest BCUT2D eigenvalue weighted by Gasteiger charge is -2.55. The summed E-state index contributed by atoms with van der Waals surface area (Å²) >= 11 is 0. The van der Waals surface area contributed by atoms with Crippen LogP contribution in [-0.2, 0) is 23.0 Å². The number of nitrogens with zero attached hydrogens (tertiary/aromatic N) is 2. The number of aromatic amines is 1. The van der Waals surface area contributed by atoms with Gasteiger partial charge in [-0.2, -0.15) is 0 Å². The summed E-state index contributed by atoms with van der Waals surface area (Å²) in [6.07, 6.45) is 1.16. The zero-order chi connectivity index (χ0) is 22.9. The van der Waals surface area contributed by atoms with E-state index in [2.05, 4.69) is 75.8 Å². The quantitative estimate of drug-likeness (QED) is 0.376. The number of rotatable bonds is 7. The number of aliphatic hydroxyl groups excluding tert-OH is 1. The third-order valence-corrected chi connectivity index (χ3v) is 6.66. The molecule has 0 aliphatic carbocycles. The van der Waals surface area contributed by atoms with Gasteiger partial charge in [0.05, 0.1) is 17.1 Å². The maximum absolute atomic E-state index is 12.4. The Morgan fingerprint density at radius 1 is 1.16 bits per heavy atom. The van der Waals surface area contributed by atoms with Crippen molar-refractivity contribution < 1.29 is 9.90 Å². The zero-order valence-electron chi connectivity index (χ0n) is 19.5. The topological polar surface area (TPSA) is 81.2 Å². The number of benzene rings is 2. The molecule has 6 nitrogen and oxygen atoms in total. The first kappa shape index (κ1) is 22.7. The minimum atomic E-state index is -0.644. The molecule has 10 heteroatoms. The number of aromatic nitrogens is 2. The highest BCUT2D eigenvalue weighted by Crippen LogP contribution is 2.36. The smallest absolute Gasteiger partial charge is 0.220 e. The van der Waals surface area contributed by atoms with E-state index < -0.39 is 6.10 Å². The molecule has 0 radical (unpaired) electrons. The standard InChI is InChI=1S/C22H30B4N4O2/c23-21(24)11-14-5-1-2-6-16(14)22(25,26)30(21)13-15(31)12-27-20(32)10-9-19-28-17-7-3-4-8-18(17)29-19/h1-8,15,31H,9-13,23-26H2,(H,27,32)(H,28,29). The molecule has 1 aliphatic heterocycles. The number of carbonyl (C=O) groups is 1. The molecule has 0 fully saturated rings. The van der Waals surface area contributed by atoms with Gasteiger partial charge in [-0.15, -0.1) is 0 Å². The summed E-state index contributed by atoms with van der Waals surface area (Å²) in [5.74, 6) is 0.726. The van der Waals surface area contributed by atoms with Crippen molar-refractivity contribution in [2.24, 2.45) is 0 Å². The molecule has 3 aromatic rings. The Balaban J connectivity index is 1.32. The van der Waals surface area contributed by atoms with Crippen LogP contribution in [0, 0.1) is 0 Å². The van der Waals surface area contributed by atoms with Gasteiger partial charge in [-0.05, 0) is 40.4 Å². The van der Waals surface area contributed by atoms with Gasteiger partial charge in [-0.3, -0.25) is 4.79 Å². The predicted octanol–water partition coefficient (Wildman–Crippen LogP) is -2.17. The van der Waals surface area contributed by atoms with Gasteiger partial charge in [0.15, 0.2) is 0 Å². The summed E-state index contributed by atoms with van der Waals surface area (Å²) in [6.45, 7) is 0.738. The first-order valence-corrected chi connectivity index (χ1v) is 11.4. The number of hydrogen-bond acceptors (Lipinski definition) is 4. The highest BCUT2D eigenvalue weighted by molar-refractivity contribution is 6.44.